The maximum absolute atomic E-state index is 12.2. The second-order valence-corrected chi connectivity index (χ2v) is 5.73. The maximum atomic E-state index is 12.2. The van der Waals surface area contributed by atoms with E-state index >= 15 is 0 Å². The molecule has 4 heteroatoms. The molecule has 1 aromatic rings. The Balaban J connectivity index is 2.77. The van der Waals surface area contributed by atoms with E-state index in [4.69, 9.17) is 0 Å². The topological polar surface area (TPSA) is 69.6 Å². The molecule has 112 valence electrons. The van der Waals surface area contributed by atoms with Gasteiger partial charge in [-0.05, 0) is 38.7 Å². The second kappa shape index (κ2) is 7.41. The molecule has 20 heavy (non-hydrogen) atoms. The molecule has 2 atom stereocenters. The van der Waals surface area contributed by atoms with Gasteiger partial charge in [-0.1, -0.05) is 37.3 Å². The molecule has 0 aliphatic heterocycles. The van der Waals surface area contributed by atoms with Gasteiger partial charge in [0.05, 0.1) is 6.10 Å². The molecule has 0 fully saturated rings. The molecule has 0 saturated carbocycles. The summed E-state index contributed by atoms with van der Waals surface area (Å²) in [6.45, 7) is 4.94. The first-order valence-electron chi connectivity index (χ1n) is 7.08. The highest BCUT2D eigenvalue weighted by Crippen LogP contribution is 2.17. The molecule has 0 aliphatic rings. The summed E-state index contributed by atoms with van der Waals surface area (Å²) in [6, 6.07) is 9.70. The van der Waals surface area contributed by atoms with E-state index in [2.05, 4.69) is 5.32 Å². The van der Waals surface area contributed by atoms with Gasteiger partial charge >= 0.3 is 0 Å². The summed E-state index contributed by atoms with van der Waals surface area (Å²) in [5, 5.41) is 22.1. The molecule has 1 rings (SSSR count). The molecule has 0 aliphatic carbocycles. The van der Waals surface area contributed by atoms with Crippen LogP contribution < -0.4 is 5.32 Å². The van der Waals surface area contributed by atoms with E-state index in [1.807, 2.05) is 37.3 Å². The number of carbonyl (C=O) groups is 1. The average molecular weight is 279 g/mol. The quantitative estimate of drug-likeness (QED) is 0.667. The van der Waals surface area contributed by atoms with E-state index in [-0.39, 0.29) is 11.8 Å². The van der Waals surface area contributed by atoms with E-state index in [1.165, 1.54) is 13.8 Å². The molecule has 1 unspecified atom stereocenters. The van der Waals surface area contributed by atoms with Crippen molar-refractivity contribution in [2.45, 2.75) is 51.9 Å². The van der Waals surface area contributed by atoms with Crippen molar-refractivity contribution in [2.75, 3.05) is 0 Å². The number of amides is 1. The zero-order chi connectivity index (χ0) is 15.2. The first kappa shape index (κ1) is 16.7. The Morgan fingerprint density at radius 1 is 1.30 bits per heavy atom. The van der Waals surface area contributed by atoms with Crippen LogP contribution in [0.2, 0.25) is 0 Å². The van der Waals surface area contributed by atoms with Crippen LogP contribution in [0.3, 0.4) is 0 Å². The molecule has 4 nitrogen and oxygen atoms in total. The number of hydrogen-bond donors (Lipinski definition) is 3. The number of aliphatic hydroxyl groups is 2. The summed E-state index contributed by atoms with van der Waals surface area (Å²) < 4.78 is 0. The number of hydrogen-bond acceptors (Lipinski definition) is 3. The standard InChI is InChI=1S/C16H25NO3/c1-4-14(18)11-13(15(19)17-16(2,3)20)10-12-8-6-5-7-9-12/h5-9,13-14,18,20H,4,10-11H2,1-3H3,(H,17,19)/t13?,14-/m1/s1. The fourth-order valence-electron chi connectivity index (χ4n) is 2.08. The van der Waals surface area contributed by atoms with Crippen molar-refractivity contribution >= 4 is 5.91 Å². The number of aliphatic hydroxyl groups excluding tert-OH is 1. The summed E-state index contributed by atoms with van der Waals surface area (Å²) in [7, 11) is 0. The van der Waals surface area contributed by atoms with Crippen molar-refractivity contribution in [1.82, 2.24) is 5.32 Å². The predicted octanol–water partition coefficient (Wildman–Crippen LogP) is 1.85. The van der Waals surface area contributed by atoms with E-state index in [0.29, 0.717) is 19.3 Å². The Bertz CT molecular complexity index is 411. The Labute approximate surface area is 120 Å². The summed E-state index contributed by atoms with van der Waals surface area (Å²) >= 11 is 0. The van der Waals surface area contributed by atoms with Gasteiger partial charge in [0.1, 0.15) is 5.72 Å². The van der Waals surface area contributed by atoms with Crippen molar-refractivity contribution in [3.05, 3.63) is 35.9 Å². The van der Waals surface area contributed by atoms with Gasteiger partial charge in [-0.3, -0.25) is 4.79 Å². The molecule has 0 radical (unpaired) electrons. The molecular formula is C16H25NO3. The second-order valence-electron chi connectivity index (χ2n) is 5.73. The van der Waals surface area contributed by atoms with Crippen LogP contribution in [0, 0.1) is 5.92 Å². The number of carbonyl (C=O) groups excluding carboxylic acids is 1. The first-order valence-corrected chi connectivity index (χ1v) is 7.08. The van der Waals surface area contributed by atoms with E-state index in [0.717, 1.165) is 5.56 Å². The lowest BCUT2D eigenvalue weighted by atomic mass is 9.91. The molecule has 0 saturated heterocycles. The van der Waals surface area contributed by atoms with Gasteiger partial charge in [0.2, 0.25) is 5.91 Å². The zero-order valence-corrected chi connectivity index (χ0v) is 12.5. The summed E-state index contributed by atoms with van der Waals surface area (Å²) in [5.41, 5.74) is -0.199. The molecule has 1 amide bonds. The number of benzene rings is 1. The highest BCUT2D eigenvalue weighted by Gasteiger charge is 2.25. The van der Waals surface area contributed by atoms with Crippen molar-refractivity contribution < 1.29 is 15.0 Å². The van der Waals surface area contributed by atoms with Gasteiger partial charge in [0.15, 0.2) is 0 Å². The Kier molecular flexibility index (Phi) is 6.17. The van der Waals surface area contributed by atoms with Gasteiger partial charge in [0, 0.05) is 5.92 Å². The van der Waals surface area contributed by atoms with Crippen LogP contribution in [-0.2, 0) is 11.2 Å². The Hall–Kier alpha value is -1.39. The lowest BCUT2D eigenvalue weighted by Gasteiger charge is -2.25. The highest BCUT2D eigenvalue weighted by molar-refractivity contribution is 5.79. The van der Waals surface area contributed by atoms with Crippen LogP contribution in [0.1, 0.15) is 39.2 Å². The van der Waals surface area contributed by atoms with Crippen molar-refractivity contribution in [3.63, 3.8) is 0 Å². The van der Waals surface area contributed by atoms with Crippen molar-refractivity contribution in [1.29, 1.82) is 0 Å². The molecule has 1 aromatic carbocycles. The summed E-state index contributed by atoms with van der Waals surface area (Å²) in [5.74, 6) is -0.576. The molecule has 0 spiro atoms. The third-order valence-electron chi connectivity index (χ3n) is 3.15. The SMILES string of the molecule is CC[C@@H](O)CC(Cc1ccccc1)C(=O)NC(C)(C)O. The van der Waals surface area contributed by atoms with Gasteiger partial charge in [-0.25, -0.2) is 0 Å². The van der Waals surface area contributed by atoms with Crippen molar-refractivity contribution in [3.8, 4) is 0 Å². The van der Waals surface area contributed by atoms with Crippen molar-refractivity contribution in [2.24, 2.45) is 5.92 Å². The minimum atomic E-state index is -1.25. The third-order valence-corrected chi connectivity index (χ3v) is 3.15. The molecule has 0 aromatic heterocycles. The first-order chi connectivity index (χ1) is 9.31. The normalized spacial score (nSPS) is 14.7. The van der Waals surface area contributed by atoms with Gasteiger partial charge in [-0.2, -0.15) is 0 Å². The van der Waals surface area contributed by atoms with Crippen LogP contribution >= 0.6 is 0 Å². The molecule has 0 heterocycles. The van der Waals surface area contributed by atoms with Gasteiger partial charge in [-0.15, -0.1) is 0 Å². The minimum absolute atomic E-state index is 0.228. The van der Waals surface area contributed by atoms with E-state index in [9.17, 15) is 15.0 Å². The monoisotopic (exact) mass is 279 g/mol. The van der Waals surface area contributed by atoms with Crippen LogP contribution in [0.5, 0.6) is 0 Å². The van der Waals surface area contributed by atoms with Gasteiger partial charge in [0.25, 0.3) is 0 Å². The lowest BCUT2D eigenvalue weighted by Crippen LogP contribution is -2.47. The minimum Gasteiger partial charge on any atom is -0.393 e. The predicted molar refractivity (Wildman–Crippen MR) is 79.0 cm³/mol. The average Bonchev–Trinajstić information content (AvgIpc) is 2.37. The molecular weight excluding hydrogens is 254 g/mol. The summed E-state index contributed by atoms with van der Waals surface area (Å²) in [6.07, 6.45) is 1.06. The van der Waals surface area contributed by atoms with Crippen LogP contribution in [0.15, 0.2) is 30.3 Å². The van der Waals surface area contributed by atoms with Crippen LogP contribution in [0.4, 0.5) is 0 Å². The van der Waals surface area contributed by atoms with E-state index < -0.39 is 11.8 Å². The molecule has 0 bridgehead atoms. The third kappa shape index (κ3) is 6.17. The fourth-order valence-corrected chi connectivity index (χ4v) is 2.08. The smallest absolute Gasteiger partial charge is 0.225 e. The van der Waals surface area contributed by atoms with Crippen LogP contribution in [-0.4, -0.2) is 27.9 Å². The maximum Gasteiger partial charge on any atom is 0.225 e. The number of nitrogens with one attached hydrogen (secondary N) is 1. The Morgan fingerprint density at radius 3 is 2.40 bits per heavy atom. The highest BCUT2D eigenvalue weighted by atomic mass is 16.3. The summed E-state index contributed by atoms with van der Waals surface area (Å²) in [4.78, 5) is 12.2. The number of rotatable bonds is 7. The van der Waals surface area contributed by atoms with E-state index in [1.54, 1.807) is 0 Å². The van der Waals surface area contributed by atoms with Gasteiger partial charge < -0.3 is 15.5 Å². The lowest BCUT2D eigenvalue weighted by molar-refractivity contribution is -0.132. The molecule has 3 N–H and O–H groups in total. The van der Waals surface area contributed by atoms with Crippen LogP contribution in [0.25, 0.3) is 0 Å². The Morgan fingerprint density at radius 2 is 1.90 bits per heavy atom. The zero-order valence-electron chi connectivity index (χ0n) is 12.5. The fraction of sp³-hybridized carbons (Fsp3) is 0.562. The largest absolute Gasteiger partial charge is 0.393 e.